The van der Waals surface area contributed by atoms with Crippen molar-refractivity contribution in [3.05, 3.63) is 59.2 Å². The Morgan fingerprint density at radius 2 is 1.60 bits per heavy atom. The summed E-state index contributed by atoms with van der Waals surface area (Å²) in [5.74, 6) is 0.876. The monoisotopic (exact) mass is 477 g/mol. The van der Waals surface area contributed by atoms with Gasteiger partial charge in [-0.15, -0.1) is 0 Å². The summed E-state index contributed by atoms with van der Waals surface area (Å²) < 4.78 is 10.6. The molecule has 184 valence electrons. The summed E-state index contributed by atoms with van der Waals surface area (Å²) in [7, 11) is 0. The number of ether oxygens (including phenoxy) is 2. The van der Waals surface area contributed by atoms with Crippen LogP contribution in [0.25, 0.3) is 0 Å². The molecule has 2 aromatic carbocycles. The van der Waals surface area contributed by atoms with Crippen LogP contribution in [0.5, 0.6) is 5.75 Å². The van der Waals surface area contributed by atoms with Crippen molar-refractivity contribution in [2.75, 3.05) is 18.5 Å². The number of rotatable bonds is 8. The lowest BCUT2D eigenvalue weighted by Gasteiger charge is -2.57. The van der Waals surface area contributed by atoms with E-state index in [0.717, 1.165) is 17.8 Å². The van der Waals surface area contributed by atoms with E-state index in [4.69, 9.17) is 9.47 Å². The number of carbonyl (C=O) groups is 3. The number of hydrogen-bond donors (Lipinski definition) is 2. The van der Waals surface area contributed by atoms with Gasteiger partial charge in [0.15, 0.2) is 6.61 Å². The summed E-state index contributed by atoms with van der Waals surface area (Å²) in [6.45, 7) is 1.59. The number of nitrogens with one attached hydrogen (secondary N) is 1. The van der Waals surface area contributed by atoms with Gasteiger partial charge >= 0.3 is 11.9 Å². The second-order valence-electron chi connectivity index (χ2n) is 10.3. The third-order valence-corrected chi connectivity index (χ3v) is 7.91. The van der Waals surface area contributed by atoms with Crippen molar-refractivity contribution in [1.29, 1.82) is 0 Å². The van der Waals surface area contributed by atoms with Gasteiger partial charge in [0, 0.05) is 0 Å². The van der Waals surface area contributed by atoms with E-state index in [1.54, 1.807) is 6.92 Å². The van der Waals surface area contributed by atoms with Crippen LogP contribution in [0.3, 0.4) is 0 Å². The molecule has 0 saturated heterocycles. The van der Waals surface area contributed by atoms with Crippen LogP contribution >= 0.6 is 0 Å². The van der Waals surface area contributed by atoms with E-state index in [0.29, 0.717) is 11.2 Å². The molecule has 4 fully saturated rings. The van der Waals surface area contributed by atoms with E-state index in [1.807, 2.05) is 12.1 Å². The molecule has 1 amide bonds. The van der Waals surface area contributed by atoms with Gasteiger partial charge in [-0.2, -0.15) is 0 Å². The Labute approximate surface area is 204 Å². The topological polar surface area (TPSA) is 102 Å². The van der Waals surface area contributed by atoms with Gasteiger partial charge < -0.3 is 19.9 Å². The maximum Gasteiger partial charge on any atom is 0.338 e. The summed E-state index contributed by atoms with van der Waals surface area (Å²) in [4.78, 5) is 36.0. The Balaban J connectivity index is 1.20. The molecule has 2 N–H and O–H groups in total. The quantitative estimate of drug-likeness (QED) is 0.516. The number of carbonyl (C=O) groups excluding carboxylic acids is 2. The second kappa shape index (κ2) is 9.36. The highest BCUT2D eigenvalue weighted by Gasteiger charge is 2.51. The molecule has 35 heavy (non-hydrogen) atoms. The number of aromatic carboxylic acids is 1. The predicted octanol–water partition coefficient (Wildman–Crippen LogP) is 5.05. The summed E-state index contributed by atoms with van der Waals surface area (Å²) in [5, 5.41) is 12.1. The number of benzene rings is 2. The molecule has 7 nitrogen and oxygen atoms in total. The number of amides is 1. The van der Waals surface area contributed by atoms with Crippen LogP contribution in [0, 0.1) is 17.8 Å². The molecule has 0 spiro atoms. The summed E-state index contributed by atoms with van der Waals surface area (Å²) >= 11 is 0. The highest BCUT2D eigenvalue weighted by molar-refractivity contribution is 6.03. The number of esters is 1. The average molecular weight is 478 g/mol. The second-order valence-corrected chi connectivity index (χ2v) is 10.3. The third kappa shape index (κ3) is 4.77. The fourth-order valence-corrected chi connectivity index (χ4v) is 6.88. The first kappa shape index (κ1) is 23.4. The molecule has 0 unspecified atom stereocenters. The number of carboxylic acid groups (broad SMARTS) is 1. The molecular weight excluding hydrogens is 446 g/mol. The van der Waals surface area contributed by atoms with Crippen molar-refractivity contribution in [3.8, 4) is 5.75 Å². The first-order chi connectivity index (χ1) is 16.8. The predicted molar refractivity (Wildman–Crippen MR) is 130 cm³/mol. The van der Waals surface area contributed by atoms with E-state index in [9.17, 15) is 19.5 Å². The van der Waals surface area contributed by atoms with E-state index in [1.165, 1.54) is 62.3 Å². The Hall–Kier alpha value is -3.35. The maximum absolute atomic E-state index is 12.5. The number of carboxylic acids is 1. The van der Waals surface area contributed by atoms with Gasteiger partial charge in [0.2, 0.25) is 0 Å². The molecule has 0 aromatic heterocycles. The highest BCUT2D eigenvalue weighted by Crippen LogP contribution is 2.60. The third-order valence-electron chi connectivity index (χ3n) is 7.91. The summed E-state index contributed by atoms with van der Waals surface area (Å²) in [6, 6.07) is 12.2. The normalized spacial score (nSPS) is 26.3. The van der Waals surface area contributed by atoms with E-state index in [-0.39, 0.29) is 30.0 Å². The highest BCUT2D eigenvalue weighted by atomic mass is 16.5. The molecule has 2 aromatic rings. The molecule has 4 aliphatic rings. The van der Waals surface area contributed by atoms with Gasteiger partial charge in [-0.25, -0.2) is 9.59 Å². The Morgan fingerprint density at radius 1 is 0.971 bits per heavy atom. The minimum absolute atomic E-state index is 0.0938. The van der Waals surface area contributed by atoms with Crippen LogP contribution in [0.4, 0.5) is 5.69 Å². The number of anilines is 1. The van der Waals surface area contributed by atoms with Crippen LogP contribution in [0.15, 0.2) is 42.5 Å². The Morgan fingerprint density at radius 3 is 2.17 bits per heavy atom. The minimum atomic E-state index is -1.26. The van der Waals surface area contributed by atoms with Crippen LogP contribution in [-0.2, 0) is 14.9 Å². The lowest BCUT2D eigenvalue weighted by Crippen LogP contribution is -2.48. The van der Waals surface area contributed by atoms with Crippen molar-refractivity contribution >= 4 is 23.5 Å². The van der Waals surface area contributed by atoms with Gasteiger partial charge in [0.1, 0.15) is 5.75 Å². The van der Waals surface area contributed by atoms with Crippen LogP contribution < -0.4 is 10.1 Å². The zero-order chi connectivity index (χ0) is 24.6. The molecule has 6 rings (SSSR count). The molecule has 0 atom stereocenters. The van der Waals surface area contributed by atoms with Crippen molar-refractivity contribution < 1.29 is 29.0 Å². The first-order valence-electron chi connectivity index (χ1n) is 12.4. The van der Waals surface area contributed by atoms with E-state index >= 15 is 0 Å². The molecule has 4 bridgehead atoms. The summed E-state index contributed by atoms with van der Waals surface area (Å²) in [6.07, 6.45) is 8.10. The largest absolute Gasteiger partial charge is 0.484 e. The molecular formula is C28H31NO6. The fraction of sp³-hybridized carbons (Fsp3) is 0.464. The zero-order valence-electron chi connectivity index (χ0n) is 19.9. The van der Waals surface area contributed by atoms with Crippen molar-refractivity contribution in [3.63, 3.8) is 0 Å². The van der Waals surface area contributed by atoms with Crippen LogP contribution in [0.2, 0.25) is 0 Å². The van der Waals surface area contributed by atoms with Gasteiger partial charge in [-0.05, 0) is 105 Å². The molecule has 0 aliphatic heterocycles. The molecule has 4 saturated carbocycles. The van der Waals surface area contributed by atoms with Crippen molar-refractivity contribution in [2.24, 2.45) is 17.8 Å². The average Bonchev–Trinajstić information content (AvgIpc) is 2.82. The van der Waals surface area contributed by atoms with E-state index < -0.39 is 17.8 Å². The van der Waals surface area contributed by atoms with Gasteiger partial charge in [-0.1, -0.05) is 12.1 Å². The molecule has 0 heterocycles. The lowest BCUT2D eigenvalue weighted by molar-refractivity contribution is -0.118. The molecule has 0 radical (unpaired) electrons. The van der Waals surface area contributed by atoms with Gasteiger partial charge in [0.05, 0.1) is 23.4 Å². The lowest BCUT2D eigenvalue weighted by atomic mass is 9.48. The SMILES string of the molecule is CCOC(=O)c1ccc(NC(=O)COc2ccc(C34CC5CC(CC(C5)C3)C4)cc2)c(C(=O)O)c1. The minimum Gasteiger partial charge on any atom is -0.484 e. The smallest absolute Gasteiger partial charge is 0.338 e. The zero-order valence-corrected chi connectivity index (χ0v) is 19.9. The first-order valence-corrected chi connectivity index (χ1v) is 12.4. The standard InChI is InChI=1S/C28H31NO6/c1-2-34-27(33)20-3-8-24(23(12-20)26(31)32)29-25(30)16-35-22-6-4-21(5-7-22)28-13-17-9-18(14-28)11-19(10-17)15-28/h3-8,12,17-19H,2,9-11,13-16H2,1H3,(H,29,30)(H,31,32). The number of hydrogen-bond acceptors (Lipinski definition) is 5. The van der Waals surface area contributed by atoms with Crippen molar-refractivity contribution in [1.82, 2.24) is 0 Å². The van der Waals surface area contributed by atoms with Gasteiger partial charge in [-0.3, -0.25) is 4.79 Å². The molecule has 7 heteroatoms. The summed E-state index contributed by atoms with van der Waals surface area (Å²) in [5.41, 5.74) is 1.71. The Kier molecular flexibility index (Phi) is 6.26. The van der Waals surface area contributed by atoms with Gasteiger partial charge in [0.25, 0.3) is 5.91 Å². The van der Waals surface area contributed by atoms with Crippen LogP contribution in [0.1, 0.15) is 71.7 Å². The maximum atomic E-state index is 12.5. The fourth-order valence-electron chi connectivity index (χ4n) is 6.88. The molecule has 4 aliphatic carbocycles. The van der Waals surface area contributed by atoms with Crippen LogP contribution in [-0.4, -0.2) is 36.2 Å². The van der Waals surface area contributed by atoms with E-state index in [2.05, 4.69) is 17.4 Å². The van der Waals surface area contributed by atoms with Crippen molar-refractivity contribution in [2.45, 2.75) is 50.9 Å². The Bertz CT molecular complexity index is 1100.